The van der Waals surface area contributed by atoms with Crippen LogP contribution in [0.5, 0.6) is 0 Å². The molecule has 8 heteroatoms. The molecule has 1 heterocycles. The van der Waals surface area contributed by atoms with Crippen molar-refractivity contribution in [2.45, 2.75) is 0 Å². The standard InChI is InChI=1S/C8H14N4O4/c1-11-6-7(12(14)15)8(10-11)9-2-4-16-5-3-13/h6,13H,2-5H2,1H3,(H,9,10). The van der Waals surface area contributed by atoms with Crippen LogP contribution in [0.25, 0.3) is 0 Å². The van der Waals surface area contributed by atoms with Gasteiger partial charge in [0.25, 0.3) is 0 Å². The van der Waals surface area contributed by atoms with Gasteiger partial charge in [-0.05, 0) is 0 Å². The molecule has 16 heavy (non-hydrogen) atoms. The number of ether oxygens (including phenoxy) is 1. The number of hydrogen-bond acceptors (Lipinski definition) is 6. The molecule has 0 amide bonds. The predicted octanol–water partition coefficient (Wildman–Crippen LogP) is -0.251. The zero-order valence-corrected chi connectivity index (χ0v) is 8.92. The summed E-state index contributed by atoms with van der Waals surface area (Å²) in [6, 6.07) is 0. The molecule has 0 spiro atoms. The lowest BCUT2D eigenvalue weighted by atomic mass is 10.5. The Bertz CT molecular complexity index is 352. The number of aliphatic hydroxyl groups is 1. The van der Waals surface area contributed by atoms with Gasteiger partial charge in [0.2, 0.25) is 5.82 Å². The number of aryl methyl sites for hydroxylation is 1. The second kappa shape index (κ2) is 6.03. The minimum atomic E-state index is -0.496. The molecule has 8 nitrogen and oxygen atoms in total. The zero-order valence-electron chi connectivity index (χ0n) is 8.92. The van der Waals surface area contributed by atoms with Crippen LogP contribution in [0.1, 0.15) is 0 Å². The SMILES string of the molecule is Cn1cc([N+](=O)[O-])c(NCCOCCO)n1. The Labute approximate surface area is 92.0 Å². The maximum absolute atomic E-state index is 10.6. The Morgan fingerprint density at radius 3 is 3.06 bits per heavy atom. The quantitative estimate of drug-likeness (QED) is 0.380. The molecule has 0 radical (unpaired) electrons. The van der Waals surface area contributed by atoms with Crippen molar-refractivity contribution in [1.29, 1.82) is 0 Å². The van der Waals surface area contributed by atoms with E-state index in [1.807, 2.05) is 0 Å². The van der Waals surface area contributed by atoms with Gasteiger partial charge >= 0.3 is 5.69 Å². The van der Waals surface area contributed by atoms with Crippen LogP contribution >= 0.6 is 0 Å². The predicted molar refractivity (Wildman–Crippen MR) is 56.3 cm³/mol. The molecule has 0 fully saturated rings. The molecule has 0 aromatic carbocycles. The van der Waals surface area contributed by atoms with E-state index in [1.165, 1.54) is 10.9 Å². The molecule has 0 aliphatic rings. The van der Waals surface area contributed by atoms with Gasteiger partial charge in [-0.1, -0.05) is 0 Å². The van der Waals surface area contributed by atoms with Gasteiger partial charge in [-0.15, -0.1) is 5.10 Å². The number of aliphatic hydroxyl groups excluding tert-OH is 1. The van der Waals surface area contributed by atoms with E-state index in [2.05, 4.69) is 10.4 Å². The summed E-state index contributed by atoms with van der Waals surface area (Å²) in [6.07, 6.45) is 1.33. The second-order valence-electron chi connectivity index (χ2n) is 3.06. The van der Waals surface area contributed by atoms with Crippen molar-refractivity contribution in [3.8, 4) is 0 Å². The fraction of sp³-hybridized carbons (Fsp3) is 0.625. The van der Waals surface area contributed by atoms with Gasteiger partial charge in [-0.2, -0.15) is 0 Å². The molecule has 0 aliphatic carbocycles. The Balaban J connectivity index is 2.44. The normalized spacial score (nSPS) is 10.4. The van der Waals surface area contributed by atoms with Gasteiger partial charge < -0.3 is 15.2 Å². The number of nitro groups is 1. The van der Waals surface area contributed by atoms with Crippen molar-refractivity contribution in [3.63, 3.8) is 0 Å². The highest BCUT2D eigenvalue weighted by molar-refractivity contribution is 5.54. The lowest BCUT2D eigenvalue weighted by molar-refractivity contribution is -0.384. The summed E-state index contributed by atoms with van der Waals surface area (Å²) in [7, 11) is 1.61. The third-order valence-electron chi connectivity index (χ3n) is 1.78. The Morgan fingerprint density at radius 1 is 1.69 bits per heavy atom. The highest BCUT2D eigenvalue weighted by atomic mass is 16.6. The summed E-state index contributed by atoms with van der Waals surface area (Å²) in [4.78, 5) is 10.1. The fourth-order valence-corrected chi connectivity index (χ4v) is 1.14. The van der Waals surface area contributed by atoms with Gasteiger partial charge in [0, 0.05) is 13.6 Å². The first kappa shape index (κ1) is 12.4. The topological polar surface area (TPSA) is 102 Å². The zero-order chi connectivity index (χ0) is 12.0. The average Bonchev–Trinajstić information content (AvgIpc) is 2.59. The molecule has 1 aromatic rings. The van der Waals surface area contributed by atoms with Crippen LogP contribution in [0.15, 0.2) is 6.20 Å². The molecule has 2 N–H and O–H groups in total. The summed E-state index contributed by atoms with van der Waals surface area (Å²) in [5.41, 5.74) is -0.0651. The largest absolute Gasteiger partial charge is 0.394 e. The van der Waals surface area contributed by atoms with Crippen LogP contribution in [-0.4, -0.2) is 46.2 Å². The van der Waals surface area contributed by atoms with Crippen LogP contribution in [0, 0.1) is 10.1 Å². The molecule has 0 bridgehead atoms. The molecule has 0 unspecified atom stereocenters. The Kier molecular flexibility index (Phi) is 4.67. The van der Waals surface area contributed by atoms with E-state index in [9.17, 15) is 10.1 Å². The second-order valence-corrected chi connectivity index (χ2v) is 3.06. The average molecular weight is 230 g/mol. The van der Waals surface area contributed by atoms with Crippen LogP contribution in [-0.2, 0) is 11.8 Å². The van der Waals surface area contributed by atoms with Crippen molar-refractivity contribution in [3.05, 3.63) is 16.3 Å². The van der Waals surface area contributed by atoms with Crippen molar-refractivity contribution >= 4 is 11.5 Å². The Morgan fingerprint density at radius 2 is 2.44 bits per heavy atom. The van der Waals surface area contributed by atoms with E-state index in [4.69, 9.17) is 9.84 Å². The van der Waals surface area contributed by atoms with Crippen molar-refractivity contribution < 1.29 is 14.8 Å². The highest BCUT2D eigenvalue weighted by Gasteiger charge is 2.17. The smallest absolute Gasteiger partial charge is 0.330 e. The monoisotopic (exact) mass is 230 g/mol. The molecular formula is C8H14N4O4. The Hall–Kier alpha value is -1.67. The minimum Gasteiger partial charge on any atom is -0.394 e. The summed E-state index contributed by atoms with van der Waals surface area (Å²) >= 11 is 0. The molecule has 0 saturated carbocycles. The van der Waals surface area contributed by atoms with E-state index in [-0.39, 0.29) is 24.7 Å². The van der Waals surface area contributed by atoms with E-state index in [0.717, 1.165) is 0 Å². The molecule has 1 aromatic heterocycles. The molecule has 0 atom stereocenters. The van der Waals surface area contributed by atoms with Gasteiger partial charge in [0.05, 0.1) is 24.7 Å². The van der Waals surface area contributed by atoms with Crippen LogP contribution in [0.2, 0.25) is 0 Å². The lowest BCUT2D eigenvalue weighted by Crippen LogP contribution is -2.12. The number of anilines is 1. The maximum atomic E-state index is 10.6. The lowest BCUT2D eigenvalue weighted by Gasteiger charge is -2.03. The van der Waals surface area contributed by atoms with Gasteiger partial charge in [0.1, 0.15) is 6.20 Å². The molecule has 90 valence electrons. The first-order valence-electron chi connectivity index (χ1n) is 4.75. The van der Waals surface area contributed by atoms with Gasteiger partial charge in [-0.3, -0.25) is 14.8 Å². The maximum Gasteiger partial charge on any atom is 0.330 e. The summed E-state index contributed by atoms with van der Waals surface area (Å²) in [6.45, 7) is 0.974. The van der Waals surface area contributed by atoms with Crippen molar-refractivity contribution in [1.82, 2.24) is 9.78 Å². The minimum absolute atomic E-state index is 0.0380. The molecule has 1 rings (SSSR count). The third kappa shape index (κ3) is 3.48. The fourth-order valence-electron chi connectivity index (χ4n) is 1.14. The number of hydrogen-bond donors (Lipinski definition) is 2. The molecular weight excluding hydrogens is 216 g/mol. The number of nitrogens with one attached hydrogen (secondary N) is 1. The third-order valence-corrected chi connectivity index (χ3v) is 1.78. The molecule has 0 aliphatic heterocycles. The summed E-state index contributed by atoms with van der Waals surface area (Å²) in [5, 5.41) is 25.8. The summed E-state index contributed by atoms with van der Waals surface area (Å²) in [5.74, 6) is 0.222. The first-order valence-corrected chi connectivity index (χ1v) is 4.75. The molecule has 0 saturated heterocycles. The van der Waals surface area contributed by atoms with Crippen molar-refractivity contribution in [2.75, 3.05) is 31.7 Å². The van der Waals surface area contributed by atoms with E-state index >= 15 is 0 Å². The number of aromatic nitrogens is 2. The van der Waals surface area contributed by atoms with Crippen LogP contribution < -0.4 is 5.32 Å². The summed E-state index contributed by atoms with van der Waals surface area (Å²) < 4.78 is 6.36. The van der Waals surface area contributed by atoms with Crippen LogP contribution in [0.3, 0.4) is 0 Å². The van der Waals surface area contributed by atoms with E-state index in [1.54, 1.807) is 7.05 Å². The first-order chi connectivity index (χ1) is 7.65. The van der Waals surface area contributed by atoms with Gasteiger partial charge in [0.15, 0.2) is 0 Å². The van der Waals surface area contributed by atoms with Gasteiger partial charge in [-0.25, -0.2) is 0 Å². The van der Waals surface area contributed by atoms with Crippen molar-refractivity contribution in [2.24, 2.45) is 7.05 Å². The number of nitrogens with zero attached hydrogens (tertiary/aromatic N) is 3. The highest BCUT2D eigenvalue weighted by Crippen LogP contribution is 2.20. The number of rotatable bonds is 7. The van der Waals surface area contributed by atoms with E-state index < -0.39 is 4.92 Å². The van der Waals surface area contributed by atoms with Crippen LogP contribution in [0.4, 0.5) is 11.5 Å². The van der Waals surface area contributed by atoms with E-state index in [0.29, 0.717) is 13.2 Å².